The molecule has 0 saturated heterocycles. The van der Waals surface area contributed by atoms with E-state index in [1.54, 1.807) is 22.6 Å². The zero-order valence-corrected chi connectivity index (χ0v) is 8.71. The van der Waals surface area contributed by atoms with Gasteiger partial charge >= 0.3 is 0 Å². The average Bonchev–Trinajstić information content (AvgIpc) is 2.05. The highest BCUT2D eigenvalue weighted by Crippen LogP contribution is 2.26. The quantitative estimate of drug-likeness (QED) is 0.613. The summed E-state index contributed by atoms with van der Waals surface area (Å²) in [6, 6.07) is -0.198. The third-order valence-corrected chi connectivity index (χ3v) is 3.14. The minimum atomic E-state index is -0.198. The lowest BCUT2D eigenvalue weighted by Gasteiger charge is -2.24. The molecule has 1 atom stereocenters. The minimum Gasteiger partial charge on any atom is -0.321 e. The first-order valence-electron chi connectivity index (χ1n) is 4.16. The second-order valence-electron chi connectivity index (χ2n) is 3.23. The predicted octanol–water partition coefficient (Wildman–Crippen LogP) is 1.86. The van der Waals surface area contributed by atoms with E-state index in [9.17, 15) is 4.79 Å². The van der Waals surface area contributed by atoms with Crippen molar-refractivity contribution in [2.24, 2.45) is 11.7 Å². The van der Waals surface area contributed by atoms with Gasteiger partial charge in [0.05, 0.1) is 6.04 Å². The molecule has 1 fully saturated rings. The fraction of sp³-hybridized carbons (Fsp3) is 0.875. The summed E-state index contributed by atoms with van der Waals surface area (Å²) in [5.41, 5.74) is 5.73. The van der Waals surface area contributed by atoms with Gasteiger partial charge in [0, 0.05) is 22.6 Å². The van der Waals surface area contributed by atoms with Crippen LogP contribution >= 0.6 is 22.6 Å². The van der Waals surface area contributed by atoms with Gasteiger partial charge in [-0.25, -0.2) is 0 Å². The van der Waals surface area contributed by atoms with Crippen molar-refractivity contribution >= 4 is 26.4 Å². The van der Waals surface area contributed by atoms with E-state index in [1.807, 2.05) is 0 Å². The molecule has 0 unspecified atom stereocenters. The molecule has 1 aliphatic carbocycles. The van der Waals surface area contributed by atoms with Crippen LogP contribution in [-0.4, -0.2) is 9.83 Å². The molecule has 0 radical (unpaired) electrons. The van der Waals surface area contributed by atoms with Gasteiger partial charge in [0.2, 0.25) is 3.79 Å². The Bertz CT molecular complexity index is 143. The molecule has 0 heterocycles. The molecule has 0 aromatic carbocycles. The molecule has 1 rings (SSSR count). The summed E-state index contributed by atoms with van der Waals surface area (Å²) < 4.78 is 0.120. The van der Waals surface area contributed by atoms with E-state index in [4.69, 9.17) is 5.73 Å². The number of hydrogen-bond acceptors (Lipinski definition) is 2. The van der Waals surface area contributed by atoms with E-state index in [0.717, 1.165) is 12.8 Å². The van der Waals surface area contributed by atoms with E-state index in [0.29, 0.717) is 5.92 Å². The van der Waals surface area contributed by atoms with Crippen molar-refractivity contribution in [1.82, 2.24) is 0 Å². The van der Waals surface area contributed by atoms with Crippen molar-refractivity contribution in [1.29, 1.82) is 0 Å². The standard InChI is InChI=1S/C8H14INO/c9-8(11)7(10)6-4-2-1-3-5-6/h6-7H,1-5,10H2/t7-/m0/s1. The van der Waals surface area contributed by atoms with Gasteiger partial charge in [-0.15, -0.1) is 0 Å². The molecule has 2 N–H and O–H groups in total. The van der Waals surface area contributed by atoms with Gasteiger partial charge in [-0.3, -0.25) is 4.79 Å². The van der Waals surface area contributed by atoms with Crippen LogP contribution in [0.2, 0.25) is 0 Å². The first kappa shape index (κ1) is 9.45. The summed E-state index contributed by atoms with van der Waals surface area (Å²) in [5.74, 6) is 0.466. The van der Waals surface area contributed by atoms with Crippen molar-refractivity contribution in [2.45, 2.75) is 38.1 Å². The van der Waals surface area contributed by atoms with Crippen LogP contribution in [0.1, 0.15) is 32.1 Å². The Kier molecular flexibility index (Phi) is 3.78. The summed E-state index contributed by atoms with van der Waals surface area (Å²) in [4.78, 5) is 10.9. The van der Waals surface area contributed by atoms with E-state index in [-0.39, 0.29) is 9.83 Å². The lowest BCUT2D eigenvalue weighted by molar-refractivity contribution is -0.111. The molecule has 0 aromatic heterocycles. The van der Waals surface area contributed by atoms with Crippen LogP contribution in [0, 0.1) is 5.92 Å². The molecule has 3 heteroatoms. The smallest absolute Gasteiger partial charge is 0.209 e. The molecule has 11 heavy (non-hydrogen) atoms. The Morgan fingerprint density at radius 2 is 1.91 bits per heavy atom. The summed E-state index contributed by atoms with van der Waals surface area (Å²) in [7, 11) is 0. The Balaban J connectivity index is 2.38. The summed E-state index contributed by atoms with van der Waals surface area (Å²) >= 11 is 1.81. The summed E-state index contributed by atoms with van der Waals surface area (Å²) in [5, 5.41) is 0. The highest BCUT2D eigenvalue weighted by Gasteiger charge is 2.23. The zero-order chi connectivity index (χ0) is 8.27. The van der Waals surface area contributed by atoms with E-state index in [1.165, 1.54) is 19.3 Å². The Morgan fingerprint density at radius 1 is 1.36 bits per heavy atom. The number of nitrogens with two attached hydrogens (primary N) is 1. The molecule has 0 aromatic rings. The SMILES string of the molecule is N[C@H](C(=O)I)C1CCCCC1. The van der Waals surface area contributed by atoms with Gasteiger partial charge in [-0.05, 0) is 18.8 Å². The van der Waals surface area contributed by atoms with Crippen molar-refractivity contribution in [3.63, 3.8) is 0 Å². The van der Waals surface area contributed by atoms with Crippen LogP contribution in [-0.2, 0) is 4.79 Å². The molecule has 1 saturated carbocycles. The molecule has 64 valence electrons. The van der Waals surface area contributed by atoms with Crippen LogP contribution < -0.4 is 5.73 Å². The first-order valence-corrected chi connectivity index (χ1v) is 5.24. The van der Waals surface area contributed by atoms with E-state index >= 15 is 0 Å². The maximum absolute atomic E-state index is 10.9. The molecular weight excluding hydrogens is 253 g/mol. The minimum absolute atomic E-state index is 0.120. The third-order valence-electron chi connectivity index (χ3n) is 2.42. The number of hydrogen-bond donors (Lipinski definition) is 1. The Labute approximate surface area is 81.1 Å². The van der Waals surface area contributed by atoms with Crippen LogP contribution in [0.25, 0.3) is 0 Å². The van der Waals surface area contributed by atoms with E-state index < -0.39 is 0 Å². The topological polar surface area (TPSA) is 43.1 Å². The lowest BCUT2D eigenvalue weighted by atomic mass is 9.85. The molecule has 0 spiro atoms. The number of carbonyl (C=O) groups excluding carboxylic acids is 1. The maximum atomic E-state index is 10.9. The lowest BCUT2D eigenvalue weighted by Crippen LogP contribution is -2.36. The van der Waals surface area contributed by atoms with Crippen LogP contribution in [0.3, 0.4) is 0 Å². The predicted molar refractivity (Wildman–Crippen MR) is 53.6 cm³/mol. The highest BCUT2D eigenvalue weighted by molar-refractivity contribution is 14.1. The number of carbonyl (C=O) groups is 1. The third kappa shape index (κ3) is 2.71. The van der Waals surface area contributed by atoms with Gasteiger partial charge in [0.15, 0.2) is 0 Å². The Hall–Kier alpha value is 0.360. The number of halogens is 1. The summed E-state index contributed by atoms with van der Waals surface area (Å²) in [6.07, 6.45) is 6.12. The molecule has 0 amide bonds. The van der Waals surface area contributed by atoms with Crippen molar-refractivity contribution < 1.29 is 4.79 Å². The van der Waals surface area contributed by atoms with Gasteiger partial charge in [-0.2, -0.15) is 0 Å². The normalized spacial score (nSPS) is 23.1. The highest BCUT2D eigenvalue weighted by atomic mass is 127. The largest absolute Gasteiger partial charge is 0.321 e. The second-order valence-corrected chi connectivity index (χ2v) is 4.29. The van der Waals surface area contributed by atoms with Gasteiger partial charge in [0.1, 0.15) is 0 Å². The van der Waals surface area contributed by atoms with Crippen LogP contribution in [0.15, 0.2) is 0 Å². The molecule has 0 bridgehead atoms. The van der Waals surface area contributed by atoms with Crippen molar-refractivity contribution in [3.05, 3.63) is 0 Å². The maximum Gasteiger partial charge on any atom is 0.209 e. The molecule has 1 aliphatic rings. The first-order chi connectivity index (χ1) is 5.22. The zero-order valence-electron chi connectivity index (χ0n) is 6.55. The molecular formula is C8H14INO. The Morgan fingerprint density at radius 3 is 2.36 bits per heavy atom. The van der Waals surface area contributed by atoms with Crippen molar-refractivity contribution in [2.75, 3.05) is 0 Å². The summed E-state index contributed by atoms with van der Waals surface area (Å²) in [6.45, 7) is 0. The average molecular weight is 267 g/mol. The molecule has 2 nitrogen and oxygen atoms in total. The monoisotopic (exact) mass is 267 g/mol. The van der Waals surface area contributed by atoms with Crippen LogP contribution in [0.5, 0.6) is 0 Å². The van der Waals surface area contributed by atoms with Gasteiger partial charge in [0.25, 0.3) is 0 Å². The van der Waals surface area contributed by atoms with Crippen molar-refractivity contribution in [3.8, 4) is 0 Å². The fourth-order valence-electron chi connectivity index (χ4n) is 1.68. The second kappa shape index (κ2) is 4.40. The fourth-order valence-corrected chi connectivity index (χ4v) is 2.19. The van der Waals surface area contributed by atoms with Crippen LogP contribution in [0.4, 0.5) is 0 Å². The number of rotatable bonds is 2. The van der Waals surface area contributed by atoms with Gasteiger partial charge < -0.3 is 5.73 Å². The van der Waals surface area contributed by atoms with Gasteiger partial charge in [-0.1, -0.05) is 19.3 Å². The molecule has 0 aliphatic heterocycles. The van der Waals surface area contributed by atoms with E-state index in [2.05, 4.69) is 0 Å².